The van der Waals surface area contributed by atoms with E-state index in [9.17, 15) is 4.79 Å². The minimum atomic E-state index is 0.213. The van der Waals surface area contributed by atoms with Gasteiger partial charge in [0, 0.05) is 12.0 Å². The fourth-order valence-corrected chi connectivity index (χ4v) is 1.66. The summed E-state index contributed by atoms with van der Waals surface area (Å²) in [6.07, 6.45) is 0.586. The molecule has 0 atom stereocenters. The highest BCUT2D eigenvalue weighted by Gasteiger charge is 1.99. The number of carbonyl (C=O) groups excluding carboxylic acids is 1. The van der Waals surface area contributed by atoms with E-state index in [2.05, 4.69) is 6.07 Å². The molecule has 130 valence electrons. The van der Waals surface area contributed by atoms with Crippen molar-refractivity contribution in [3.05, 3.63) is 70.8 Å². The zero-order valence-electron chi connectivity index (χ0n) is 16.2. The highest BCUT2D eigenvalue weighted by molar-refractivity contribution is 5.95. The summed E-state index contributed by atoms with van der Waals surface area (Å²) in [7, 11) is 0. The lowest BCUT2D eigenvalue weighted by Gasteiger charge is -1.96. The number of rotatable bonds is 2. The molecule has 0 saturated carbocycles. The Morgan fingerprint density at radius 2 is 1.46 bits per heavy atom. The van der Waals surface area contributed by atoms with Crippen LogP contribution in [-0.2, 0) is 0 Å². The Hall–Kier alpha value is -2.40. The van der Waals surface area contributed by atoms with E-state index in [-0.39, 0.29) is 5.78 Å². The van der Waals surface area contributed by atoms with Gasteiger partial charge >= 0.3 is 0 Å². The summed E-state index contributed by atoms with van der Waals surface area (Å²) in [5, 5.41) is 8.41. The highest BCUT2D eigenvalue weighted by Crippen LogP contribution is 2.05. The van der Waals surface area contributed by atoms with E-state index in [4.69, 9.17) is 5.26 Å². The van der Waals surface area contributed by atoms with E-state index in [1.165, 1.54) is 5.56 Å². The highest BCUT2D eigenvalue weighted by atomic mass is 16.1. The molecular formula is C22H31NO. The van der Waals surface area contributed by atoms with Crippen molar-refractivity contribution in [2.24, 2.45) is 0 Å². The first-order chi connectivity index (χ1) is 11.6. The van der Waals surface area contributed by atoms with Crippen molar-refractivity contribution in [3.63, 3.8) is 0 Å². The maximum absolute atomic E-state index is 11.1. The van der Waals surface area contributed by atoms with Crippen LogP contribution in [0.25, 0.3) is 0 Å². The molecule has 0 aliphatic rings. The standard InChI is InChI=1S/C10H12O.C8H7N.2C2H6/c1-3-10(11)9-6-4-8(2)5-7-9;1-7-3-2-4-8(5-7)6-9;2*1-2/h4-7H,3H2,1-2H3;2-5H,1H3;2*1-2H3. The Bertz CT molecular complexity index is 607. The van der Waals surface area contributed by atoms with Gasteiger partial charge in [-0.1, -0.05) is 76.6 Å². The Morgan fingerprint density at radius 1 is 0.917 bits per heavy atom. The van der Waals surface area contributed by atoms with Gasteiger partial charge in [0.2, 0.25) is 0 Å². The number of Topliss-reactive ketones (excluding diaryl/α,β-unsaturated/α-hetero) is 1. The summed E-state index contributed by atoms with van der Waals surface area (Å²) in [5.41, 5.74) is 3.87. The number of carbonyl (C=O) groups is 1. The van der Waals surface area contributed by atoms with Crippen LogP contribution in [0.4, 0.5) is 0 Å². The van der Waals surface area contributed by atoms with Gasteiger partial charge in [0.15, 0.2) is 5.78 Å². The second-order valence-corrected chi connectivity index (χ2v) is 4.62. The number of aryl methyl sites for hydroxylation is 2. The summed E-state index contributed by atoms with van der Waals surface area (Å²) in [6, 6.07) is 17.3. The lowest BCUT2D eigenvalue weighted by atomic mass is 10.1. The number of nitriles is 1. The van der Waals surface area contributed by atoms with Crippen LogP contribution < -0.4 is 0 Å². The first-order valence-corrected chi connectivity index (χ1v) is 8.63. The second-order valence-electron chi connectivity index (χ2n) is 4.62. The van der Waals surface area contributed by atoms with Crippen LogP contribution in [0.5, 0.6) is 0 Å². The SMILES string of the molecule is CC.CC.CCC(=O)c1ccc(C)cc1.Cc1cccc(C#N)c1. The molecule has 0 aliphatic carbocycles. The molecule has 0 fully saturated rings. The van der Waals surface area contributed by atoms with Gasteiger partial charge in [-0.3, -0.25) is 4.79 Å². The van der Waals surface area contributed by atoms with Crippen molar-refractivity contribution in [1.29, 1.82) is 5.26 Å². The molecule has 24 heavy (non-hydrogen) atoms. The molecule has 0 amide bonds. The fourth-order valence-electron chi connectivity index (χ4n) is 1.66. The van der Waals surface area contributed by atoms with Crippen molar-refractivity contribution < 1.29 is 4.79 Å². The number of ketones is 1. The topological polar surface area (TPSA) is 40.9 Å². The lowest BCUT2D eigenvalue weighted by Crippen LogP contribution is -1.95. The maximum Gasteiger partial charge on any atom is 0.162 e. The number of nitrogens with zero attached hydrogens (tertiary/aromatic N) is 1. The van der Waals surface area contributed by atoms with E-state index in [1.54, 1.807) is 6.07 Å². The van der Waals surface area contributed by atoms with Crippen LogP contribution in [0.15, 0.2) is 48.5 Å². The van der Waals surface area contributed by atoms with Crippen LogP contribution in [0.3, 0.4) is 0 Å². The van der Waals surface area contributed by atoms with E-state index >= 15 is 0 Å². The molecule has 0 saturated heterocycles. The Morgan fingerprint density at radius 3 is 1.83 bits per heavy atom. The molecule has 2 aromatic rings. The second kappa shape index (κ2) is 15.5. The average molecular weight is 325 g/mol. The lowest BCUT2D eigenvalue weighted by molar-refractivity contribution is 0.0988. The van der Waals surface area contributed by atoms with Gasteiger partial charge in [-0.15, -0.1) is 0 Å². The first-order valence-electron chi connectivity index (χ1n) is 8.63. The van der Waals surface area contributed by atoms with Gasteiger partial charge in [0.05, 0.1) is 11.6 Å². The van der Waals surface area contributed by atoms with Gasteiger partial charge in [0.25, 0.3) is 0 Å². The molecule has 0 bridgehead atoms. The van der Waals surface area contributed by atoms with E-state index in [0.717, 1.165) is 16.7 Å². The van der Waals surface area contributed by atoms with Gasteiger partial charge in [-0.05, 0) is 31.5 Å². The third-order valence-corrected chi connectivity index (χ3v) is 2.84. The van der Waals surface area contributed by atoms with Crippen LogP contribution in [0, 0.1) is 25.2 Å². The van der Waals surface area contributed by atoms with Crippen LogP contribution >= 0.6 is 0 Å². The molecule has 0 unspecified atom stereocenters. The monoisotopic (exact) mass is 325 g/mol. The van der Waals surface area contributed by atoms with E-state index in [0.29, 0.717) is 6.42 Å². The van der Waals surface area contributed by atoms with E-state index in [1.807, 2.05) is 90.9 Å². The minimum absolute atomic E-state index is 0.213. The minimum Gasteiger partial charge on any atom is -0.294 e. The molecular weight excluding hydrogens is 294 g/mol. The van der Waals surface area contributed by atoms with Crippen molar-refractivity contribution in [2.75, 3.05) is 0 Å². The molecule has 0 heterocycles. The van der Waals surface area contributed by atoms with Crippen molar-refractivity contribution in [2.45, 2.75) is 54.9 Å². The number of hydrogen-bond acceptors (Lipinski definition) is 2. The molecule has 2 rings (SSSR count). The predicted octanol–water partition coefficient (Wildman–Crippen LogP) is 6.51. The smallest absolute Gasteiger partial charge is 0.162 e. The summed E-state index contributed by atoms with van der Waals surface area (Å²) in [4.78, 5) is 11.1. The zero-order chi connectivity index (χ0) is 19.0. The molecule has 0 radical (unpaired) electrons. The molecule has 2 nitrogen and oxygen atoms in total. The predicted molar refractivity (Wildman–Crippen MR) is 104 cm³/mol. The Balaban J connectivity index is 0. The molecule has 2 heteroatoms. The third-order valence-electron chi connectivity index (χ3n) is 2.84. The van der Waals surface area contributed by atoms with Crippen molar-refractivity contribution >= 4 is 5.78 Å². The van der Waals surface area contributed by atoms with Crippen LogP contribution in [-0.4, -0.2) is 5.78 Å². The number of hydrogen-bond donors (Lipinski definition) is 0. The fraction of sp³-hybridized carbons (Fsp3) is 0.364. The van der Waals surface area contributed by atoms with Crippen LogP contribution in [0.1, 0.15) is 68.1 Å². The molecule has 0 N–H and O–H groups in total. The molecule has 0 spiro atoms. The zero-order valence-corrected chi connectivity index (χ0v) is 16.2. The van der Waals surface area contributed by atoms with Crippen molar-refractivity contribution in [1.82, 2.24) is 0 Å². The summed E-state index contributed by atoms with van der Waals surface area (Å²) in [6.45, 7) is 13.9. The van der Waals surface area contributed by atoms with Crippen molar-refractivity contribution in [3.8, 4) is 6.07 Å². The van der Waals surface area contributed by atoms with Gasteiger partial charge in [-0.25, -0.2) is 0 Å². The molecule has 0 aromatic heterocycles. The largest absolute Gasteiger partial charge is 0.294 e. The third kappa shape index (κ3) is 10.3. The maximum atomic E-state index is 11.1. The number of benzene rings is 2. The average Bonchev–Trinajstić information content (AvgIpc) is 2.65. The molecule has 0 aliphatic heterocycles. The van der Waals surface area contributed by atoms with Gasteiger partial charge in [-0.2, -0.15) is 5.26 Å². The first kappa shape index (κ1) is 23.9. The summed E-state index contributed by atoms with van der Waals surface area (Å²) in [5.74, 6) is 0.213. The van der Waals surface area contributed by atoms with Crippen LogP contribution in [0.2, 0.25) is 0 Å². The summed E-state index contributed by atoms with van der Waals surface area (Å²) >= 11 is 0. The molecule has 2 aromatic carbocycles. The Labute approximate surface area is 148 Å². The van der Waals surface area contributed by atoms with E-state index < -0.39 is 0 Å². The Kier molecular flexibility index (Phi) is 15.4. The normalized spacial score (nSPS) is 8.08. The van der Waals surface area contributed by atoms with Gasteiger partial charge < -0.3 is 0 Å². The summed E-state index contributed by atoms with van der Waals surface area (Å²) < 4.78 is 0. The van der Waals surface area contributed by atoms with Gasteiger partial charge in [0.1, 0.15) is 0 Å². The quantitative estimate of drug-likeness (QED) is 0.591.